The Balaban J connectivity index is 1.69. The van der Waals surface area contributed by atoms with Gasteiger partial charge in [-0.25, -0.2) is 0 Å². The Hall–Kier alpha value is -1.36. The van der Waals surface area contributed by atoms with Crippen molar-refractivity contribution in [3.8, 4) is 0 Å². The zero-order valence-corrected chi connectivity index (χ0v) is 8.86. The molecule has 1 amide bonds. The molecular weight excluding hydrogens is 192 g/mol. The van der Waals surface area contributed by atoms with Gasteiger partial charge in [-0.15, -0.1) is 0 Å². The number of carbonyl (C=O) groups excluding carboxylic acids is 1. The molecule has 2 heterocycles. The van der Waals surface area contributed by atoms with Gasteiger partial charge in [0.1, 0.15) is 0 Å². The van der Waals surface area contributed by atoms with E-state index < -0.39 is 0 Å². The second-order valence-electron chi connectivity index (χ2n) is 3.91. The zero-order valence-electron chi connectivity index (χ0n) is 8.86. The van der Waals surface area contributed by atoms with Crippen molar-refractivity contribution in [3.05, 3.63) is 18.0 Å². The summed E-state index contributed by atoms with van der Waals surface area (Å²) < 4.78 is 1.79. The SMILES string of the molecule is Cn1ccc(CNCC2CCC(=O)N2)n1. The first-order chi connectivity index (χ1) is 7.24. The Labute approximate surface area is 88.8 Å². The molecule has 1 fully saturated rings. The molecule has 0 spiro atoms. The van der Waals surface area contributed by atoms with Crippen molar-refractivity contribution in [2.45, 2.75) is 25.4 Å². The van der Waals surface area contributed by atoms with E-state index in [0.717, 1.165) is 25.2 Å². The Morgan fingerprint density at radius 3 is 3.20 bits per heavy atom. The molecule has 1 aromatic rings. The molecular formula is C10H16N4O. The van der Waals surface area contributed by atoms with Gasteiger partial charge in [-0.2, -0.15) is 5.10 Å². The number of aromatic nitrogens is 2. The highest BCUT2D eigenvalue weighted by Gasteiger charge is 2.19. The summed E-state index contributed by atoms with van der Waals surface area (Å²) in [5.41, 5.74) is 1.03. The molecule has 2 N–H and O–H groups in total. The number of hydrogen-bond donors (Lipinski definition) is 2. The minimum absolute atomic E-state index is 0.166. The molecule has 1 atom stereocenters. The summed E-state index contributed by atoms with van der Waals surface area (Å²) in [6.45, 7) is 1.58. The third kappa shape index (κ3) is 2.79. The van der Waals surface area contributed by atoms with Crippen molar-refractivity contribution >= 4 is 5.91 Å². The van der Waals surface area contributed by atoms with Gasteiger partial charge in [0.05, 0.1) is 5.69 Å². The van der Waals surface area contributed by atoms with Gasteiger partial charge in [-0.1, -0.05) is 0 Å². The Bertz CT molecular complexity index is 347. The van der Waals surface area contributed by atoms with Crippen LogP contribution in [0.1, 0.15) is 18.5 Å². The van der Waals surface area contributed by atoms with Gasteiger partial charge in [-0.3, -0.25) is 9.48 Å². The van der Waals surface area contributed by atoms with Crippen LogP contribution in [0.15, 0.2) is 12.3 Å². The van der Waals surface area contributed by atoms with Crippen molar-refractivity contribution in [2.75, 3.05) is 6.54 Å². The lowest BCUT2D eigenvalue weighted by Gasteiger charge is -2.09. The molecule has 5 heteroatoms. The number of carbonyl (C=O) groups is 1. The van der Waals surface area contributed by atoms with Crippen molar-refractivity contribution in [1.82, 2.24) is 20.4 Å². The standard InChI is InChI=1S/C10H16N4O/c1-14-5-4-9(13-14)7-11-6-8-2-3-10(15)12-8/h4-5,8,11H,2-3,6-7H2,1H3,(H,12,15). The van der Waals surface area contributed by atoms with Gasteiger partial charge < -0.3 is 10.6 Å². The number of hydrogen-bond acceptors (Lipinski definition) is 3. The van der Waals surface area contributed by atoms with E-state index in [1.807, 2.05) is 19.3 Å². The summed E-state index contributed by atoms with van der Waals surface area (Å²) in [6.07, 6.45) is 3.53. The maximum atomic E-state index is 10.9. The van der Waals surface area contributed by atoms with Crippen molar-refractivity contribution in [1.29, 1.82) is 0 Å². The van der Waals surface area contributed by atoms with E-state index >= 15 is 0 Å². The molecule has 15 heavy (non-hydrogen) atoms. The topological polar surface area (TPSA) is 59.0 Å². The van der Waals surface area contributed by atoms with E-state index in [-0.39, 0.29) is 5.91 Å². The number of nitrogens with zero attached hydrogens (tertiary/aromatic N) is 2. The average molecular weight is 208 g/mol. The molecule has 0 aliphatic carbocycles. The highest BCUT2D eigenvalue weighted by atomic mass is 16.1. The van der Waals surface area contributed by atoms with Crippen molar-refractivity contribution in [3.63, 3.8) is 0 Å². The van der Waals surface area contributed by atoms with Gasteiger partial charge >= 0.3 is 0 Å². The normalized spacial score (nSPS) is 20.6. The van der Waals surface area contributed by atoms with E-state index in [1.165, 1.54) is 0 Å². The molecule has 1 aliphatic rings. The second-order valence-corrected chi connectivity index (χ2v) is 3.91. The van der Waals surface area contributed by atoms with Gasteiger partial charge in [-0.05, 0) is 12.5 Å². The van der Waals surface area contributed by atoms with Crippen molar-refractivity contribution in [2.24, 2.45) is 7.05 Å². The Morgan fingerprint density at radius 1 is 1.73 bits per heavy atom. The minimum Gasteiger partial charge on any atom is -0.352 e. The van der Waals surface area contributed by atoms with Crippen LogP contribution in [-0.2, 0) is 18.4 Å². The molecule has 0 aromatic carbocycles. The second kappa shape index (κ2) is 4.44. The third-order valence-electron chi connectivity index (χ3n) is 2.55. The first-order valence-electron chi connectivity index (χ1n) is 5.22. The summed E-state index contributed by atoms with van der Waals surface area (Å²) in [6, 6.07) is 2.28. The first-order valence-corrected chi connectivity index (χ1v) is 5.22. The van der Waals surface area contributed by atoms with Gasteiger partial charge in [0.15, 0.2) is 0 Å². The van der Waals surface area contributed by atoms with Gasteiger partial charge in [0, 0.05) is 38.8 Å². The highest BCUT2D eigenvalue weighted by Crippen LogP contribution is 2.05. The van der Waals surface area contributed by atoms with E-state index in [2.05, 4.69) is 15.7 Å². The molecule has 0 radical (unpaired) electrons. The molecule has 1 unspecified atom stereocenters. The summed E-state index contributed by atoms with van der Waals surface area (Å²) >= 11 is 0. The molecule has 82 valence electrons. The van der Waals surface area contributed by atoms with Gasteiger partial charge in [0.2, 0.25) is 5.91 Å². The monoisotopic (exact) mass is 208 g/mol. The number of nitrogens with one attached hydrogen (secondary N) is 2. The molecule has 0 bridgehead atoms. The molecule has 0 saturated carbocycles. The fraction of sp³-hybridized carbons (Fsp3) is 0.600. The lowest BCUT2D eigenvalue weighted by molar-refractivity contribution is -0.119. The minimum atomic E-state index is 0.166. The number of rotatable bonds is 4. The first kappa shape index (κ1) is 10.2. The lowest BCUT2D eigenvalue weighted by atomic mass is 10.2. The van der Waals surface area contributed by atoms with E-state index in [0.29, 0.717) is 12.5 Å². The Kier molecular flexibility index (Phi) is 3.01. The van der Waals surface area contributed by atoms with Crippen LogP contribution in [0.3, 0.4) is 0 Å². The summed E-state index contributed by atoms with van der Waals surface area (Å²) in [4.78, 5) is 10.9. The number of amides is 1. The van der Waals surface area contributed by atoms with Crippen LogP contribution in [0.2, 0.25) is 0 Å². The van der Waals surface area contributed by atoms with Crippen LogP contribution in [-0.4, -0.2) is 28.3 Å². The van der Waals surface area contributed by atoms with E-state index in [9.17, 15) is 4.79 Å². The van der Waals surface area contributed by atoms with E-state index in [1.54, 1.807) is 4.68 Å². The third-order valence-corrected chi connectivity index (χ3v) is 2.55. The van der Waals surface area contributed by atoms with Crippen LogP contribution >= 0.6 is 0 Å². The van der Waals surface area contributed by atoms with Gasteiger partial charge in [0.25, 0.3) is 0 Å². The molecule has 5 nitrogen and oxygen atoms in total. The zero-order chi connectivity index (χ0) is 10.7. The van der Waals surface area contributed by atoms with Crippen LogP contribution in [0.4, 0.5) is 0 Å². The average Bonchev–Trinajstić information content (AvgIpc) is 2.76. The molecule has 2 rings (SSSR count). The Morgan fingerprint density at radius 2 is 2.60 bits per heavy atom. The smallest absolute Gasteiger partial charge is 0.220 e. The summed E-state index contributed by atoms with van der Waals surface area (Å²) in [5.74, 6) is 0.166. The van der Waals surface area contributed by atoms with Crippen LogP contribution < -0.4 is 10.6 Å². The summed E-state index contributed by atoms with van der Waals surface area (Å²) in [5, 5.41) is 10.5. The molecule has 1 saturated heterocycles. The van der Waals surface area contributed by atoms with Crippen LogP contribution in [0.5, 0.6) is 0 Å². The number of aryl methyl sites for hydroxylation is 1. The predicted octanol–water partition coefficient (Wildman–Crippen LogP) is -0.212. The summed E-state index contributed by atoms with van der Waals surface area (Å²) in [7, 11) is 1.90. The maximum Gasteiger partial charge on any atom is 0.220 e. The van der Waals surface area contributed by atoms with Crippen LogP contribution in [0, 0.1) is 0 Å². The fourth-order valence-corrected chi connectivity index (χ4v) is 1.76. The van der Waals surface area contributed by atoms with Crippen LogP contribution in [0.25, 0.3) is 0 Å². The fourth-order valence-electron chi connectivity index (χ4n) is 1.76. The van der Waals surface area contributed by atoms with E-state index in [4.69, 9.17) is 0 Å². The lowest BCUT2D eigenvalue weighted by Crippen LogP contribution is -2.35. The molecule has 1 aliphatic heterocycles. The predicted molar refractivity (Wildman–Crippen MR) is 56.1 cm³/mol. The van der Waals surface area contributed by atoms with Crippen molar-refractivity contribution < 1.29 is 4.79 Å². The quantitative estimate of drug-likeness (QED) is 0.719. The maximum absolute atomic E-state index is 10.9. The highest BCUT2D eigenvalue weighted by molar-refractivity contribution is 5.78. The molecule has 1 aromatic heterocycles. The largest absolute Gasteiger partial charge is 0.352 e.